The fourth-order valence-electron chi connectivity index (χ4n) is 3.55. The van der Waals surface area contributed by atoms with E-state index in [4.69, 9.17) is 34.8 Å². The Bertz CT molecular complexity index is 1290. The van der Waals surface area contributed by atoms with Gasteiger partial charge in [0.15, 0.2) is 4.21 Å². The number of nitrogens with one attached hydrogen (secondary N) is 2. The van der Waals surface area contributed by atoms with Crippen LogP contribution in [0, 0.1) is 13.8 Å². The van der Waals surface area contributed by atoms with Gasteiger partial charge in [-0.1, -0.05) is 53.0 Å². The van der Waals surface area contributed by atoms with E-state index in [9.17, 15) is 8.42 Å². The van der Waals surface area contributed by atoms with Crippen LogP contribution in [-0.4, -0.2) is 19.1 Å². The molecule has 4 rings (SSSR count). The molecule has 2 heterocycles. The number of thiazole rings is 1. The van der Waals surface area contributed by atoms with Gasteiger partial charge in [0.2, 0.25) is 0 Å². The van der Waals surface area contributed by atoms with Crippen LogP contribution < -0.4 is 10.1 Å². The first-order valence-electron chi connectivity index (χ1n) is 9.63. The van der Waals surface area contributed by atoms with E-state index in [-0.39, 0.29) is 10.3 Å². The molecule has 0 saturated carbocycles. The Kier molecular flexibility index (Phi) is 6.81. The molecule has 2 atom stereocenters. The lowest BCUT2D eigenvalue weighted by Gasteiger charge is -2.20. The van der Waals surface area contributed by atoms with Crippen LogP contribution >= 0.6 is 46.1 Å². The number of hydrazone groups is 1. The topological polar surface area (TPSA) is 83.5 Å². The minimum absolute atomic E-state index is 0.118. The van der Waals surface area contributed by atoms with Crippen molar-refractivity contribution in [3.05, 3.63) is 79.4 Å². The van der Waals surface area contributed by atoms with Crippen LogP contribution in [0.4, 0.5) is 0 Å². The Morgan fingerprint density at radius 1 is 1.09 bits per heavy atom. The molecule has 32 heavy (non-hydrogen) atoms. The molecule has 0 fully saturated rings. The van der Waals surface area contributed by atoms with E-state index in [1.165, 1.54) is 0 Å². The van der Waals surface area contributed by atoms with Crippen LogP contribution in [0.15, 0.2) is 51.8 Å². The summed E-state index contributed by atoms with van der Waals surface area (Å²) in [5.74, 6) is 0. The number of aryl methyl sites for hydroxylation is 2. The van der Waals surface area contributed by atoms with Gasteiger partial charge in [-0.15, -0.1) is 11.3 Å². The number of rotatable bonds is 6. The average Bonchev–Trinajstić information content (AvgIpc) is 3.34. The van der Waals surface area contributed by atoms with Crippen LogP contribution in [0.3, 0.4) is 0 Å². The molecule has 2 N–H and O–H groups in total. The van der Waals surface area contributed by atoms with Crippen molar-refractivity contribution in [1.82, 2.24) is 15.1 Å². The SMILES string of the molecule is Cc1nc(C)c(S(=O)(=O)NC(C2=NNC(c3ccc(Cl)cc3)C2)c2ccc(Cl)cc2Cl)s1. The molecule has 0 bridgehead atoms. The highest BCUT2D eigenvalue weighted by Gasteiger charge is 2.33. The number of benzene rings is 2. The molecule has 1 aliphatic rings. The van der Waals surface area contributed by atoms with E-state index >= 15 is 0 Å². The van der Waals surface area contributed by atoms with Crippen molar-refractivity contribution in [2.75, 3.05) is 0 Å². The molecule has 2 aromatic carbocycles. The van der Waals surface area contributed by atoms with E-state index in [1.807, 2.05) is 24.3 Å². The Balaban J connectivity index is 1.69. The third-order valence-electron chi connectivity index (χ3n) is 5.03. The van der Waals surface area contributed by atoms with Crippen LogP contribution in [-0.2, 0) is 10.0 Å². The van der Waals surface area contributed by atoms with E-state index in [2.05, 4.69) is 20.2 Å². The lowest BCUT2D eigenvalue weighted by atomic mass is 9.96. The Hall–Kier alpha value is -1.68. The third kappa shape index (κ3) is 4.95. The zero-order valence-corrected chi connectivity index (χ0v) is 21.0. The van der Waals surface area contributed by atoms with Gasteiger partial charge in [-0.05, 0) is 49.2 Å². The van der Waals surface area contributed by atoms with Crippen LogP contribution in [0.1, 0.15) is 40.3 Å². The summed E-state index contributed by atoms with van der Waals surface area (Å²) in [6.07, 6.45) is 0.481. The van der Waals surface area contributed by atoms with Crippen molar-refractivity contribution in [3.63, 3.8) is 0 Å². The van der Waals surface area contributed by atoms with Crippen molar-refractivity contribution in [1.29, 1.82) is 0 Å². The highest BCUT2D eigenvalue weighted by Crippen LogP contribution is 2.34. The Morgan fingerprint density at radius 3 is 2.41 bits per heavy atom. The maximum atomic E-state index is 13.3. The van der Waals surface area contributed by atoms with Gasteiger partial charge in [0.1, 0.15) is 0 Å². The zero-order chi connectivity index (χ0) is 23.0. The first-order valence-corrected chi connectivity index (χ1v) is 13.1. The van der Waals surface area contributed by atoms with Crippen molar-refractivity contribution in [2.45, 2.75) is 36.6 Å². The average molecular weight is 530 g/mol. The monoisotopic (exact) mass is 528 g/mol. The predicted molar refractivity (Wildman–Crippen MR) is 130 cm³/mol. The first kappa shape index (κ1) is 23.5. The van der Waals surface area contributed by atoms with Gasteiger partial charge in [-0.2, -0.15) is 9.82 Å². The highest BCUT2D eigenvalue weighted by molar-refractivity contribution is 7.91. The molecular weight excluding hydrogens is 511 g/mol. The molecular formula is C21H19Cl3N4O2S2. The second-order valence-corrected chi connectivity index (χ2v) is 11.8. The maximum Gasteiger partial charge on any atom is 0.252 e. The summed E-state index contributed by atoms with van der Waals surface area (Å²) in [6, 6.07) is 11.5. The van der Waals surface area contributed by atoms with Gasteiger partial charge in [0, 0.05) is 21.5 Å². The molecule has 0 spiro atoms. The van der Waals surface area contributed by atoms with E-state index in [0.717, 1.165) is 16.9 Å². The summed E-state index contributed by atoms with van der Waals surface area (Å²) in [6.45, 7) is 3.44. The molecule has 168 valence electrons. The number of nitrogens with zero attached hydrogens (tertiary/aromatic N) is 2. The number of hydrogen-bond acceptors (Lipinski definition) is 6. The first-order chi connectivity index (χ1) is 15.1. The molecule has 6 nitrogen and oxygen atoms in total. The lowest BCUT2D eigenvalue weighted by Crippen LogP contribution is -2.33. The summed E-state index contributed by atoms with van der Waals surface area (Å²) < 4.78 is 29.5. The smallest absolute Gasteiger partial charge is 0.252 e. The van der Waals surface area contributed by atoms with Crippen LogP contribution in [0.2, 0.25) is 15.1 Å². The molecule has 0 aliphatic carbocycles. The summed E-state index contributed by atoms with van der Waals surface area (Å²) in [7, 11) is -3.88. The molecule has 3 aromatic rings. The van der Waals surface area contributed by atoms with Gasteiger partial charge in [0.25, 0.3) is 10.0 Å². The van der Waals surface area contributed by atoms with Crippen molar-refractivity contribution >= 4 is 61.9 Å². The summed E-state index contributed by atoms with van der Waals surface area (Å²) in [5.41, 5.74) is 5.71. The minimum Gasteiger partial charge on any atom is -0.302 e. The van der Waals surface area contributed by atoms with Gasteiger partial charge in [0.05, 0.1) is 28.5 Å². The molecule has 1 aliphatic heterocycles. The van der Waals surface area contributed by atoms with Crippen LogP contribution in [0.25, 0.3) is 0 Å². The number of halogens is 3. The minimum atomic E-state index is -3.88. The summed E-state index contributed by atoms with van der Waals surface area (Å²) >= 11 is 19.7. The third-order valence-corrected chi connectivity index (χ3v) is 8.95. The summed E-state index contributed by atoms with van der Waals surface area (Å²) in [5, 5.41) is 6.58. The van der Waals surface area contributed by atoms with Crippen LogP contribution in [0.5, 0.6) is 0 Å². The number of aromatic nitrogens is 1. The lowest BCUT2D eigenvalue weighted by molar-refractivity contribution is 0.577. The molecule has 11 heteroatoms. The second-order valence-electron chi connectivity index (χ2n) is 7.37. The Morgan fingerprint density at radius 2 is 1.78 bits per heavy atom. The maximum absolute atomic E-state index is 13.3. The largest absolute Gasteiger partial charge is 0.302 e. The fourth-order valence-corrected chi connectivity index (χ4v) is 6.90. The number of sulfonamides is 1. The zero-order valence-electron chi connectivity index (χ0n) is 17.1. The Labute approximate surface area is 205 Å². The van der Waals surface area contributed by atoms with Gasteiger partial charge in [-0.3, -0.25) is 0 Å². The molecule has 0 amide bonds. The van der Waals surface area contributed by atoms with Crippen molar-refractivity contribution < 1.29 is 8.42 Å². The number of hydrogen-bond donors (Lipinski definition) is 2. The molecule has 0 radical (unpaired) electrons. The molecule has 0 saturated heterocycles. The normalized spacial score (nSPS) is 17.2. The summed E-state index contributed by atoms with van der Waals surface area (Å²) in [4.78, 5) is 4.25. The van der Waals surface area contributed by atoms with Gasteiger partial charge < -0.3 is 5.43 Å². The molecule has 2 unspecified atom stereocenters. The van der Waals surface area contributed by atoms with E-state index in [0.29, 0.717) is 43.5 Å². The fraction of sp³-hybridized carbons (Fsp3) is 0.238. The van der Waals surface area contributed by atoms with E-state index < -0.39 is 16.1 Å². The quantitative estimate of drug-likeness (QED) is 0.421. The van der Waals surface area contributed by atoms with Gasteiger partial charge in [-0.25, -0.2) is 13.4 Å². The van der Waals surface area contributed by atoms with Crippen molar-refractivity contribution in [2.24, 2.45) is 5.10 Å². The molecule has 1 aromatic heterocycles. The van der Waals surface area contributed by atoms with Crippen molar-refractivity contribution in [3.8, 4) is 0 Å². The second kappa shape index (κ2) is 9.29. The predicted octanol–water partition coefficient (Wildman–Crippen LogP) is 5.83. The van der Waals surface area contributed by atoms with E-state index in [1.54, 1.807) is 32.0 Å². The standard InChI is InChI=1S/C21H19Cl3N4O2S2/c1-11-21(31-12(2)25-11)32(29,30)28-20(16-8-7-15(23)9-17(16)24)19-10-18(26-27-19)13-3-5-14(22)6-4-13/h3-9,18,20,26,28H,10H2,1-2H3. The van der Waals surface area contributed by atoms with Gasteiger partial charge >= 0.3 is 0 Å². The highest BCUT2D eigenvalue weighted by atomic mass is 35.5.